The van der Waals surface area contributed by atoms with Crippen LogP contribution < -0.4 is 0 Å². The minimum absolute atomic E-state index is 0.364. The predicted octanol–water partition coefficient (Wildman–Crippen LogP) is 3.91. The molecular weight excluding hydrogens is 228 g/mol. The zero-order chi connectivity index (χ0) is 12.9. The molecule has 0 radical (unpaired) electrons. The summed E-state index contributed by atoms with van der Waals surface area (Å²) in [6.07, 6.45) is 13.7. The first kappa shape index (κ1) is 13.6. The summed E-state index contributed by atoms with van der Waals surface area (Å²) >= 11 is 0. The lowest BCUT2D eigenvalue weighted by Crippen LogP contribution is -2.36. The van der Waals surface area contributed by atoms with E-state index < -0.39 is 5.79 Å². The van der Waals surface area contributed by atoms with Crippen LogP contribution in [0.25, 0.3) is 0 Å². The van der Waals surface area contributed by atoms with Crippen LogP contribution in [0.5, 0.6) is 0 Å². The van der Waals surface area contributed by atoms with Gasteiger partial charge in [-0.2, -0.15) is 0 Å². The minimum Gasteiger partial charge on any atom is -0.470 e. The molecule has 2 heterocycles. The zero-order valence-electron chi connectivity index (χ0n) is 11.5. The van der Waals surface area contributed by atoms with E-state index in [9.17, 15) is 0 Å². The van der Waals surface area contributed by atoms with Crippen LogP contribution in [0.15, 0.2) is 24.5 Å². The maximum Gasteiger partial charge on any atom is 0.212 e. The van der Waals surface area contributed by atoms with Gasteiger partial charge in [0.25, 0.3) is 0 Å². The van der Waals surface area contributed by atoms with Gasteiger partial charge in [0.1, 0.15) is 0 Å². The molecule has 0 N–H and O–H groups in total. The highest BCUT2D eigenvalue weighted by Crippen LogP contribution is 2.47. The predicted molar refractivity (Wildman–Crippen MR) is 70.9 cm³/mol. The Balaban J connectivity index is 2.01. The Morgan fingerprint density at radius 2 is 2.06 bits per heavy atom. The van der Waals surface area contributed by atoms with Crippen molar-refractivity contribution in [3.63, 3.8) is 0 Å². The van der Waals surface area contributed by atoms with Crippen molar-refractivity contribution < 1.29 is 14.2 Å². The van der Waals surface area contributed by atoms with E-state index in [2.05, 4.69) is 12.2 Å². The topological polar surface area (TPSA) is 27.7 Å². The van der Waals surface area contributed by atoms with Crippen LogP contribution in [0.1, 0.15) is 52.4 Å². The van der Waals surface area contributed by atoms with Crippen molar-refractivity contribution in [1.82, 2.24) is 0 Å². The first-order chi connectivity index (χ1) is 8.74. The van der Waals surface area contributed by atoms with E-state index in [1.54, 1.807) is 6.26 Å². The van der Waals surface area contributed by atoms with Gasteiger partial charge in [-0.3, -0.25) is 0 Å². The fraction of sp³-hybridized carbons (Fsp3) is 0.733. The molecule has 0 bridgehead atoms. The van der Waals surface area contributed by atoms with Gasteiger partial charge >= 0.3 is 0 Å². The maximum absolute atomic E-state index is 6.22. The summed E-state index contributed by atoms with van der Waals surface area (Å²) in [5.74, 6) is -0.853. The van der Waals surface area contributed by atoms with Gasteiger partial charge in [-0.1, -0.05) is 18.2 Å². The summed E-state index contributed by atoms with van der Waals surface area (Å²) in [5, 5.41) is 0. The third-order valence-corrected chi connectivity index (χ3v) is 3.67. The van der Waals surface area contributed by atoms with Crippen LogP contribution >= 0.6 is 0 Å². The molecule has 0 aliphatic carbocycles. The van der Waals surface area contributed by atoms with Crippen molar-refractivity contribution in [2.24, 2.45) is 0 Å². The minimum atomic E-state index is -0.490. The molecule has 102 valence electrons. The summed E-state index contributed by atoms with van der Waals surface area (Å²) in [4.78, 5) is 0. The first-order valence-corrected chi connectivity index (χ1v) is 6.98. The van der Waals surface area contributed by atoms with Crippen LogP contribution in [0.2, 0.25) is 0 Å². The molecule has 18 heavy (non-hydrogen) atoms. The summed E-state index contributed by atoms with van der Waals surface area (Å²) < 4.78 is 17.9. The second-order valence-electron chi connectivity index (χ2n) is 5.07. The van der Waals surface area contributed by atoms with Gasteiger partial charge in [0.05, 0.1) is 12.9 Å². The molecule has 0 aromatic carbocycles. The molecule has 2 atom stereocenters. The summed E-state index contributed by atoms with van der Waals surface area (Å²) in [5.41, 5.74) is 0. The average molecular weight is 252 g/mol. The molecule has 2 fully saturated rings. The largest absolute Gasteiger partial charge is 0.470 e. The Morgan fingerprint density at radius 3 is 2.72 bits per heavy atom. The molecule has 0 saturated carbocycles. The molecular formula is C15H24O3. The SMILES string of the molecule is C/C=C/CCC1(O/C=C/C)CCC2(CCCO2)O1. The number of allylic oxidation sites excluding steroid dienone is 3. The van der Waals surface area contributed by atoms with E-state index in [0.29, 0.717) is 0 Å². The van der Waals surface area contributed by atoms with E-state index in [4.69, 9.17) is 14.2 Å². The lowest BCUT2D eigenvalue weighted by atomic mass is 10.0. The fourth-order valence-electron chi connectivity index (χ4n) is 2.75. The molecule has 2 aliphatic heterocycles. The molecule has 1 spiro atoms. The van der Waals surface area contributed by atoms with Crippen molar-refractivity contribution in [3.05, 3.63) is 24.5 Å². The van der Waals surface area contributed by atoms with Crippen LogP contribution in [0.3, 0.4) is 0 Å². The number of rotatable bonds is 5. The highest BCUT2D eigenvalue weighted by Gasteiger charge is 2.52. The van der Waals surface area contributed by atoms with Gasteiger partial charge < -0.3 is 14.2 Å². The first-order valence-electron chi connectivity index (χ1n) is 6.98. The third-order valence-electron chi connectivity index (χ3n) is 3.67. The van der Waals surface area contributed by atoms with Gasteiger partial charge in [0.2, 0.25) is 5.79 Å². The highest BCUT2D eigenvalue weighted by molar-refractivity contribution is 4.92. The van der Waals surface area contributed by atoms with Crippen molar-refractivity contribution in [1.29, 1.82) is 0 Å². The van der Waals surface area contributed by atoms with Crippen molar-refractivity contribution in [2.75, 3.05) is 6.61 Å². The Morgan fingerprint density at radius 1 is 1.17 bits per heavy atom. The van der Waals surface area contributed by atoms with E-state index in [0.717, 1.165) is 45.1 Å². The van der Waals surface area contributed by atoms with Crippen LogP contribution in [0.4, 0.5) is 0 Å². The van der Waals surface area contributed by atoms with Gasteiger partial charge in [-0.25, -0.2) is 0 Å². The van der Waals surface area contributed by atoms with E-state index in [-0.39, 0.29) is 5.79 Å². The monoisotopic (exact) mass is 252 g/mol. The average Bonchev–Trinajstić information content (AvgIpc) is 2.97. The quantitative estimate of drug-likeness (QED) is 0.548. The van der Waals surface area contributed by atoms with Crippen molar-refractivity contribution in [3.8, 4) is 0 Å². The lowest BCUT2D eigenvalue weighted by Gasteiger charge is -2.31. The molecule has 0 aromatic rings. The fourth-order valence-corrected chi connectivity index (χ4v) is 2.75. The Hall–Kier alpha value is -0.800. The summed E-state index contributed by atoms with van der Waals surface area (Å²) in [7, 11) is 0. The molecule has 0 amide bonds. The maximum atomic E-state index is 6.22. The molecule has 3 heteroatoms. The number of hydrogen-bond acceptors (Lipinski definition) is 3. The van der Waals surface area contributed by atoms with Gasteiger partial charge in [0, 0.05) is 25.7 Å². The number of hydrogen-bond donors (Lipinski definition) is 0. The van der Waals surface area contributed by atoms with Crippen LogP contribution in [0, 0.1) is 0 Å². The molecule has 0 aromatic heterocycles. The zero-order valence-corrected chi connectivity index (χ0v) is 11.5. The van der Waals surface area contributed by atoms with E-state index in [1.807, 2.05) is 19.9 Å². The number of ether oxygens (including phenoxy) is 3. The van der Waals surface area contributed by atoms with Gasteiger partial charge in [-0.15, -0.1) is 0 Å². The molecule has 2 unspecified atom stereocenters. The van der Waals surface area contributed by atoms with Crippen LogP contribution in [-0.4, -0.2) is 18.2 Å². The Kier molecular flexibility index (Phi) is 4.46. The van der Waals surface area contributed by atoms with E-state index in [1.165, 1.54) is 0 Å². The smallest absolute Gasteiger partial charge is 0.212 e. The highest BCUT2D eigenvalue weighted by atomic mass is 16.8. The molecule has 2 rings (SSSR count). The Bertz CT molecular complexity index is 316. The second kappa shape index (κ2) is 5.89. The van der Waals surface area contributed by atoms with Crippen molar-refractivity contribution in [2.45, 2.75) is 63.9 Å². The lowest BCUT2D eigenvalue weighted by molar-refractivity contribution is -0.294. The standard InChI is InChI=1S/C15H24O3/c1-3-5-6-8-14(16-12-4-2)10-11-15(18-14)9-7-13-17-15/h3-5,12H,6-11,13H2,1-2H3/b5-3+,12-4+. The van der Waals surface area contributed by atoms with Gasteiger partial charge in [0.15, 0.2) is 5.79 Å². The third kappa shape index (κ3) is 2.96. The normalized spacial score (nSPS) is 36.3. The van der Waals surface area contributed by atoms with Crippen LogP contribution in [-0.2, 0) is 14.2 Å². The Labute approximate surface area is 110 Å². The summed E-state index contributed by atoms with van der Waals surface area (Å²) in [6, 6.07) is 0. The second-order valence-corrected chi connectivity index (χ2v) is 5.07. The van der Waals surface area contributed by atoms with Gasteiger partial charge in [-0.05, 0) is 26.7 Å². The molecule has 2 aliphatic rings. The molecule has 2 saturated heterocycles. The van der Waals surface area contributed by atoms with E-state index >= 15 is 0 Å². The summed E-state index contributed by atoms with van der Waals surface area (Å²) in [6.45, 7) is 4.81. The molecule has 3 nitrogen and oxygen atoms in total. The van der Waals surface area contributed by atoms with Crippen molar-refractivity contribution >= 4 is 0 Å².